The van der Waals surface area contributed by atoms with Crippen molar-refractivity contribution >= 4 is 34.8 Å². The standard InChI is InChI=1S/C26H23ClF3N3O2/c1-15-10-13-23(31)33(22-9-5-3-6-17(15)22)25(35)19-12-11-16(14-21(19)27)32-24(34)18-7-2-4-8-20(18)26(28,29)30/h2-9,11-12,14-15,23H,10,13,31H2,1H3,(H,32,34). The minimum Gasteiger partial charge on any atom is -0.322 e. The van der Waals surface area contributed by atoms with E-state index in [1.165, 1.54) is 35.2 Å². The van der Waals surface area contributed by atoms with Crippen LogP contribution in [0.3, 0.4) is 0 Å². The van der Waals surface area contributed by atoms with Crippen LogP contribution in [0.4, 0.5) is 24.5 Å². The highest BCUT2D eigenvalue weighted by Gasteiger charge is 2.35. The maximum atomic E-state index is 13.5. The van der Waals surface area contributed by atoms with Crippen LogP contribution in [-0.4, -0.2) is 18.0 Å². The molecule has 9 heteroatoms. The molecule has 2 unspecified atom stereocenters. The molecule has 0 spiro atoms. The van der Waals surface area contributed by atoms with Crippen LogP contribution < -0.4 is 16.0 Å². The highest BCUT2D eigenvalue weighted by Crippen LogP contribution is 2.37. The van der Waals surface area contributed by atoms with Gasteiger partial charge in [0.25, 0.3) is 11.8 Å². The number of carbonyl (C=O) groups excluding carboxylic acids is 2. The minimum atomic E-state index is -4.68. The van der Waals surface area contributed by atoms with E-state index in [2.05, 4.69) is 12.2 Å². The number of hydrogen-bond acceptors (Lipinski definition) is 3. The van der Waals surface area contributed by atoms with Crippen molar-refractivity contribution in [1.29, 1.82) is 0 Å². The minimum absolute atomic E-state index is 0.0406. The van der Waals surface area contributed by atoms with Crippen molar-refractivity contribution in [3.05, 3.63) is 94.0 Å². The van der Waals surface area contributed by atoms with Crippen molar-refractivity contribution in [2.24, 2.45) is 5.73 Å². The number of hydrogen-bond donors (Lipinski definition) is 2. The maximum Gasteiger partial charge on any atom is 0.417 e. The van der Waals surface area contributed by atoms with E-state index in [9.17, 15) is 22.8 Å². The molecule has 3 N–H and O–H groups in total. The zero-order valence-electron chi connectivity index (χ0n) is 18.8. The Kier molecular flexibility index (Phi) is 6.87. The molecule has 0 bridgehead atoms. The number of benzene rings is 3. The molecule has 2 atom stereocenters. The van der Waals surface area contributed by atoms with E-state index < -0.39 is 35.3 Å². The molecule has 0 aromatic heterocycles. The third-order valence-electron chi connectivity index (χ3n) is 6.11. The third kappa shape index (κ3) is 5.04. The lowest BCUT2D eigenvalue weighted by Crippen LogP contribution is -2.46. The van der Waals surface area contributed by atoms with Gasteiger partial charge in [0.1, 0.15) is 0 Å². The van der Waals surface area contributed by atoms with Crippen LogP contribution >= 0.6 is 11.6 Å². The van der Waals surface area contributed by atoms with Gasteiger partial charge in [0.15, 0.2) is 0 Å². The van der Waals surface area contributed by atoms with Crippen molar-refractivity contribution in [2.45, 2.75) is 38.0 Å². The van der Waals surface area contributed by atoms with Gasteiger partial charge in [-0.25, -0.2) is 0 Å². The second-order valence-electron chi connectivity index (χ2n) is 8.47. The first-order chi connectivity index (χ1) is 16.6. The number of anilines is 2. The molecular weight excluding hydrogens is 479 g/mol. The highest BCUT2D eigenvalue weighted by atomic mass is 35.5. The normalized spacial score (nSPS) is 17.9. The lowest BCUT2D eigenvalue weighted by atomic mass is 9.96. The van der Waals surface area contributed by atoms with Gasteiger partial charge in [-0.05, 0) is 60.7 Å². The summed E-state index contributed by atoms with van der Waals surface area (Å²) in [6.45, 7) is 2.08. The smallest absolute Gasteiger partial charge is 0.322 e. The van der Waals surface area contributed by atoms with Gasteiger partial charge in [-0.3, -0.25) is 14.5 Å². The molecule has 4 rings (SSSR count). The summed E-state index contributed by atoms with van der Waals surface area (Å²) in [7, 11) is 0. The largest absolute Gasteiger partial charge is 0.417 e. The molecule has 1 aliphatic heterocycles. The number of fused-ring (bicyclic) bond motifs is 1. The zero-order valence-corrected chi connectivity index (χ0v) is 19.5. The molecule has 0 fully saturated rings. The topological polar surface area (TPSA) is 75.4 Å². The van der Waals surface area contributed by atoms with Gasteiger partial charge < -0.3 is 11.1 Å². The predicted octanol–water partition coefficient (Wildman–Crippen LogP) is 6.44. The fourth-order valence-electron chi connectivity index (χ4n) is 4.29. The van der Waals surface area contributed by atoms with Gasteiger partial charge in [-0.1, -0.05) is 48.9 Å². The van der Waals surface area contributed by atoms with E-state index in [-0.39, 0.29) is 22.2 Å². The molecule has 5 nitrogen and oxygen atoms in total. The molecule has 182 valence electrons. The van der Waals surface area contributed by atoms with Crippen LogP contribution in [0, 0.1) is 0 Å². The van der Waals surface area contributed by atoms with Crippen molar-refractivity contribution < 1.29 is 22.8 Å². The van der Waals surface area contributed by atoms with Gasteiger partial charge in [0.05, 0.1) is 27.9 Å². The summed E-state index contributed by atoms with van der Waals surface area (Å²) in [5.41, 5.74) is 6.86. The first-order valence-electron chi connectivity index (χ1n) is 11.0. The van der Waals surface area contributed by atoms with E-state index in [4.69, 9.17) is 17.3 Å². The Morgan fingerprint density at radius 1 is 1.00 bits per heavy atom. The maximum absolute atomic E-state index is 13.5. The summed E-state index contributed by atoms with van der Waals surface area (Å²) >= 11 is 6.40. The molecular formula is C26H23ClF3N3O2. The van der Waals surface area contributed by atoms with Crippen molar-refractivity contribution in [3.8, 4) is 0 Å². The number of nitrogens with two attached hydrogens (primary N) is 1. The number of halogens is 4. The Morgan fingerprint density at radius 3 is 2.40 bits per heavy atom. The van der Waals surface area contributed by atoms with E-state index in [0.717, 1.165) is 24.1 Å². The Hall–Kier alpha value is -3.36. The Balaban J connectivity index is 1.61. The van der Waals surface area contributed by atoms with Crippen molar-refractivity contribution in [3.63, 3.8) is 0 Å². The molecule has 1 heterocycles. The number of alkyl halides is 3. The van der Waals surface area contributed by atoms with E-state index in [1.807, 2.05) is 24.3 Å². The summed E-state index contributed by atoms with van der Waals surface area (Å²) in [5, 5.41) is 2.47. The number of nitrogens with one attached hydrogen (secondary N) is 1. The number of carbonyl (C=O) groups is 2. The fraction of sp³-hybridized carbons (Fsp3) is 0.231. The Labute approximate surface area is 205 Å². The van der Waals surface area contributed by atoms with Gasteiger partial charge in [-0.2, -0.15) is 13.2 Å². The van der Waals surface area contributed by atoms with E-state index in [0.29, 0.717) is 12.1 Å². The third-order valence-corrected chi connectivity index (χ3v) is 6.42. The summed E-state index contributed by atoms with van der Waals surface area (Å²) < 4.78 is 39.8. The average Bonchev–Trinajstić information content (AvgIpc) is 2.94. The summed E-state index contributed by atoms with van der Waals surface area (Å²) in [5.74, 6) is -1.11. The van der Waals surface area contributed by atoms with E-state index >= 15 is 0 Å². The predicted molar refractivity (Wildman–Crippen MR) is 130 cm³/mol. The number of amides is 2. The summed E-state index contributed by atoms with van der Waals surface area (Å²) in [4.78, 5) is 27.6. The van der Waals surface area contributed by atoms with Crippen LogP contribution in [0.25, 0.3) is 0 Å². The first-order valence-corrected chi connectivity index (χ1v) is 11.4. The number of nitrogens with zero attached hydrogens (tertiary/aromatic N) is 1. The van der Waals surface area contributed by atoms with Crippen LogP contribution in [-0.2, 0) is 6.18 Å². The highest BCUT2D eigenvalue weighted by molar-refractivity contribution is 6.35. The zero-order chi connectivity index (χ0) is 25.3. The molecule has 3 aromatic carbocycles. The first kappa shape index (κ1) is 24.8. The Morgan fingerprint density at radius 2 is 1.69 bits per heavy atom. The van der Waals surface area contributed by atoms with Gasteiger partial charge in [-0.15, -0.1) is 0 Å². The molecule has 0 radical (unpaired) electrons. The van der Waals surface area contributed by atoms with Crippen LogP contribution in [0.2, 0.25) is 5.02 Å². The van der Waals surface area contributed by atoms with Crippen LogP contribution in [0.15, 0.2) is 66.7 Å². The average molecular weight is 502 g/mol. The number of para-hydroxylation sites is 1. The van der Waals surface area contributed by atoms with Gasteiger partial charge in [0.2, 0.25) is 0 Å². The van der Waals surface area contributed by atoms with E-state index in [1.54, 1.807) is 0 Å². The quantitative estimate of drug-likeness (QED) is 0.433. The molecule has 2 amide bonds. The Bertz CT molecular complexity index is 1280. The molecule has 0 saturated heterocycles. The second-order valence-corrected chi connectivity index (χ2v) is 8.88. The second kappa shape index (κ2) is 9.71. The monoisotopic (exact) mass is 501 g/mol. The molecule has 1 aliphatic rings. The molecule has 0 saturated carbocycles. The van der Waals surface area contributed by atoms with Gasteiger partial charge in [0, 0.05) is 11.4 Å². The lowest BCUT2D eigenvalue weighted by molar-refractivity contribution is -0.137. The van der Waals surface area contributed by atoms with Crippen molar-refractivity contribution in [2.75, 3.05) is 10.2 Å². The summed E-state index contributed by atoms with van der Waals surface area (Å²) in [6.07, 6.45) is -3.81. The lowest BCUT2D eigenvalue weighted by Gasteiger charge is -2.29. The number of rotatable bonds is 3. The summed E-state index contributed by atoms with van der Waals surface area (Å²) in [6, 6.07) is 16.2. The van der Waals surface area contributed by atoms with Gasteiger partial charge >= 0.3 is 6.18 Å². The van der Waals surface area contributed by atoms with Crippen LogP contribution in [0.1, 0.15) is 57.5 Å². The van der Waals surface area contributed by atoms with Crippen molar-refractivity contribution in [1.82, 2.24) is 0 Å². The molecule has 3 aromatic rings. The fourth-order valence-corrected chi connectivity index (χ4v) is 4.55. The molecule has 35 heavy (non-hydrogen) atoms. The van der Waals surface area contributed by atoms with Crippen LogP contribution in [0.5, 0.6) is 0 Å². The molecule has 0 aliphatic carbocycles. The SMILES string of the molecule is CC1CCC(N)N(C(=O)c2ccc(NC(=O)c3ccccc3C(F)(F)F)cc2Cl)c2ccccc21.